The van der Waals surface area contributed by atoms with Crippen molar-refractivity contribution in [3.63, 3.8) is 0 Å². The lowest BCUT2D eigenvalue weighted by molar-refractivity contribution is -0.155. The molecule has 2 atom stereocenters. The number of carbonyl (C=O) groups excluding carboxylic acids is 2. The van der Waals surface area contributed by atoms with Crippen LogP contribution in [-0.4, -0.2) is 47.4 Å². The molecule has 6 heteroatoms. The maximum absolute atomic E-state index is 12.6. The Labute approximate surface area is 158 Å². The third-order valence-electron chi connectivity index (χ3n) is 4.42. The summed E-state index contributed by atoms with van der Waals surface area (Å²) in [7, 11) is 0. The van der Waals surface area contributed by atoms with Crippen molar-refractivity contribution in [2.75, 3.05) is 13.1 Å². The second-order valence-electron chi connectivity index (χ2n) is 6.54. The quantitative estimate of drug-likeness (QED) is 0.792. The van der Waals surface area contributed by atoms with Gasteiger partial charge < -0.3 is 19.5 Å². The van der Waals surface area contributed by atoms with Crippen LogP contribution in [0.2, 0.25) is 0 Å². The summed E-state index contributed by atoms with van der Waals surface area (Å²) in [6.07, 6.45) is -1.45. The maximum atomic E-state index is 12.6. The highest BCUT2D eigenvalue weighted by atomic mass is 16.6. The average Bonchev–Trinajstić information content (AvgIpc) is 3.14. The number of aliphatic hydroxyl groups excluding tert-OH is 1. The highest BCUT2D eigenvalue weighted by Crippen LogP contribution is 2.15. The lowest BCUT2D eigenvalue weighted by Crippen LogP contribution is -2.38. The Morgan fingerprint density at radius 2 is 1.67 bits per heavy atom. The molecule has 3 rings (SSSR count). The zero-order valence-electron chi connectivity index (χ0n) is 15.0. The van der Waals surface area contributed by atoms with Crippen molar-refractivity contribution >= 4 is 12.1 Å². The second kappa shape index (κ2) is 9.19. The lowest BCUT2D eigenvalue weighted by Gasteiger charge is -2.21. The summed E-state index contributed by atoms with van der Waals surface area (Å²) in [5, 5.41) is 9.60. The van der Waals surface area contributed by atoms with E-state index < -0.39 is 24.3 Å². The number of aliphatic hydroxyl groups is 1. The fraction of sp³-hybridized carbons (Fsp3) is 0.333. The van der Waals surface area contributed by atoms with E-state index in [1.165, 1.54) is 4.90 Å². The largest absolute Gasteiger partial charge is 0.458 e. The molecule has 1 heterocycles. The summed E-state index contributed by atoms with van der Waals surface area (Å²) in [5.41, 5.74) is 1.73. The third-order valence-corrected chi connectivity index (χ3v) is 4.42. The summed E-state index contributed by atoms with van der Waals surface area (Å²) in [6, 6.07) is 18.7. The van der Waals surface area contributed by atoms with Gasteiger partial charge in [-0.3, -0.25) is 0 Å². The molecule has 2 aromatic rings. The van der Waals surface area contributed by atoms with Gasteiger partial charge in [0.1, 0.15) is 6.61 Å². The van der Waals surface area contributed by atoms with Gasteiger partial charge in [-0.1, -0.05) is 60.7 Å². The Balaban J connectivity index is 1.64. The number of likely N-dealkylation sites (tertiary alicyclic amines) is 1. The van der Waals surface area contributed by atoms with Crippen LogP contribution in [0.3, 0.4) is 0 Å². The minimum atomic E-state index is -1.04. The first-order valence-corrected chi connectivity index (χ1v) is 9.00. The molecule has 0 bridgehead atoms. The molecule has 0 aliphatic carbocycles. The Morgan fingerprint density at radius 1 is 1.04 bits per heavy atom. The number of benzene rings is 2. The third kappa shape index (κ3) is 5.56. The maximum Gasteiger partial charge on any atom is 0.410 e. The van der Waals surface area contributed by atoms with E-state index in [0.717, 1.165) is 11.1 Å². The van der Waals surface area contributed by atoms with Crippen molar-refractivity contribution in [2.45, 2.75) is 31.7 Å². The summed E-state index contributed by atoms with van der Waals surface area (Å²) >= 11 is 0. The molecule has 1 saturated heterocycles. The first-order chi connectivity index (χ1) is 13.1. The van der Waals surface area contributed by atoms with E-state index in [4.69, 9.17) is 9.47 Å². The molecule has 6 nitrogen and oxygen atoms in total. The molecule has 1 aliphatic heterocycles. The molecular weight excluding hydrogens is 346 g/mol. The van der Waals surface area contributed by atoms with Gasteiger partial charge in [0.25, 0.3) is 0 Å². The van der Waals surface area contributed by atoms with E-state index in [1.807, 2.05) is 60.7 Å². The van der Waals surface area contributed by atoms with Gasteiger partial charge in [0.15, 0.2) is 0 Å². The van der Waals surface area contributed by atoms with Crippen LogP contribution in [0, 0.1) is 0 Å². The van der Waals surface area contributed by atoms with Gasteiger partial charge in [-0.2, -0.15) is 0 Å². The van der Waals surface area contributed by atoms with E-state index in [2.05, 4.69) is 0 Å². The van der Waals surface area contributed by atoms with Gasteiger partial charge in [-0.25, -0.2) is 9.59 Å². The minimum absolute atomic E-state index is 0.116. The van der Waals surface area contributed by atoms with Crippen molar-refractivity contribution in [1.82, 2.24) is 4.90 Å². The summed E-state index contributed by atoms with van der Waals surface area (Å²) in [6.45, 7) is 0.748. The zero-order valence-corrected chi connectivity index (χ0v) is 15.0. The molecule has 1 fully saturated rings. The highest BCUT2D eigenvalue weighted by molar-refractivity contribution is 5.79. The molecule has 27 heavy (non-hydrogen) atoms. The number of ether oxygens (including phenoxy) is 2. The molecule has 0 radical (unpaired) electrons. The van der Waals surface area contributed by atoms with Crippen LogP contribution < -0.4 is 0 Å². The van der Waals surface area contributed by atoms with Crippen molar-refractivity contribution in [1.29, 1.82) is 0 Å². The van der Waals surface area contributed by atoms with Crippen LogP contribution in [0.1, 0.15) is 17.5 Å². The predicted octanol–water partition coefficient (Wildman–Crippen LogP) is 2.54. The molecule has 1 unspecified atom stereocenters. The Kier molecular flexibility index (Phi) is 6.44. The lowest BCUT2D eigenvalue weighted by atomic mass is 10.1. The summed E-state index contributed by atoms with van der Waals surface area (Å²) < 4.78 is 10.8. The minimum Gasteiger partial charge on any atom is -0.458 e. The molecule has 1 aliphatic rings. The highest BCUT2D eigenvalue weighted by Gasteiger charge is 2.31. The van der Waals surface area contributed by atoms with Crippen LogP contribution in [0.5, 0.6) is 0 Å². The number of carbonyl (C=O) groups is 2. The van der Waals surface area contributed by atoms with E-state index in [0.29, 0.717) is 13.0 Å². The number of esters is 1. The molecule has 2 aromatic carbocycles. The van der Waals surface area contributed by atoms with Crippen LogP contribution in [-0.2, 0) is 27.3 Å². The number of nitrogens with zero attached hydrogens (tertiary/aromatic N) is 1. The van der Waals surface area contributed by atoms with Crippen LogP contribution in [0.4, 0.5) is 4.79 Å². The molecule has 0 spiro atoms. The monoisotopic (exact) mass is 369 g/mol. The first-order valence-electron chi connectivity index (χ1n) is 9.00. The van der Waals surface area contributed by atoms with Crippen LogP contribution in [0.15, 0.2) is 60.7 Å². The Bertz CT molecular complexity index is 750. The molecule has 0 saturated carbocycles. The van der Waals surface area contributed by atoms with Crippen LogP contribution in [0.25, 0.3) is 0 Å². The average molecular weight is 369 g/mol. The van der Waals surface area contributed by atoms with Gasteiger partial charge in [0.2, 0.25) is 6.10 Å². The van der Waals surface area contributed by atoms with Gasteiger partial charge in [-0.05, 0) is 17.5 Å². The Hall–Kier alpha value is -2.86. The van der Waals surface area contributed by atoms with Crippen molar-refractivity contribution in [3.8, 4) is 0 Å². The topological polar surface area (TPSA) is 76.1 Å². The first kappa shape index (κ1) is 18.9. The van der Waals surface area contributed by atoms with Crippen molar-refractivity contribution < 1.29 is 24.2 Å². The van der Waals surface area contributed by atoms with Gasteiger partial charge in [-0.15, -0.1) is 0 Å². The zero-order chi connectivity index (χ0) is 19.1. The number of amides is 1. The van der Waals surface area contributed by atoms with Crippen molar-refractivity contribution in [3.05, 3.63) is 71.8 Å². The van der Waals surface area contributed by atoms with Gasteiger partial charge in [0.05, 0.1) is 6.10 Å². The smallest absolute Gasteiger partial charge is 0.410 e. The predicted molar refractivity (Wildman–Crippen MR) is 98.8 cm³/mol. The normalized spacial score (nSPS) is 17.4. The standard InChI is InChI=1S/C21H23NO5/c23-18-11-12-22(14-18)21(25)27-19(13-16-7-3-1-4-8-16)20(24)26-15-17-9-5-2-6-10-17/h1-10,18-19,23H,11-15H2/t18?,19-/m0/s1. The number of rotatable bonds is 6. The number of hydrogen-bond acceptors (Lipinski definition) is 5. The molecule has 1 amide bonds. The number of β-amino-alcohol motifs (C(OH)–C–C–N with tert-alkyl or cyclic N) is 1. The van der Waals surface area contributed by atoms with E-state index in [1.54, 1.807) is 0 Å². The summed E-state index contributed by atoms with van der Waals surface area (Å²) in [5.74, 6) is -0.587. The molecular formula is C21H23NO5. The van der Waals surface area contributed by atoms with E-state index >= 15 is 0 Å². The fourth-order valence-corrected chi connectivity index (χ4v) is 2.93. The van der Waals surface area contributed by atoms with Crippen LogP contribution >= 0.6 is 0 Å². The SMILES string of the molecule is O=C(OCc1ccccc1)[C@H](Cc1ccccc1)OC(=O)N1CCC(O)C1. The second-order valence-corrected chi connectivity index (χ2v) is 6.54. The van der Waals surface area contributed by atoms with E-state index in [-0.39, 0.29) is 19.6 Å². The Morgan fingerprint density at radius 3 is 2.26 bits per heavy atom. The van der Waals surface area contributed by atoms with Gasteiger partial charge >= 0.3 is 12.1 Å². The number of hydrogen-bond donors (Lipinski definition) is 1. The summed E-state index contributed by atoms with van der Waals surface area (Å²) in [4.78, 5) is 26.3. The molecule has 0 aromatic heterocycles. The van der Waals surface area contributed by atoms with Gasteiger partial charge in [0, 0.05) is 19.5 Å². The fourth-order valence-electron chi connectivity index (χ4n) is 2.93. The van der Waals surface area contributed by atoms with Crippen molar-refractivity contribution in [2.24, 2.45) is 0 Å². The molecule has 1 N–H and O–H groups in total. The molecule has 142 valence electrons. The van der Waals surface area contributed by atoms with E-state index in [9.17, 15) is 14.7 Å².